The van der Waals surface area contributed by atoms with Crippen molar-refractivity contribution in [3.63, 3.8) is 0 Å². The second kappa shape index (κ2) is 11.4. The van der Waals surface area contributed by atoms with Gasteiger partial charge in [-0.3, -0.25) is 5.32 Å². The number of halogens is 3. The Kier molecular flexibility index (Phi) is 8.71. The molecular formula is C24H28F3N5O3S. The minimum atomic E-state index is -4.75. The molecule has 1 aliphatic rings. The largest absolute Gasteiger partial charge is 0.444 e. The van der Waals surface area contributed by atoms with Gasteiger partial charge in [0.1, 0.15) is 23.3 Å². The molecule has 194 valence electrons. The monoisotopic (exact) mass is 523 g/mol. The third-order valence-electron chi connectivity index (χ3n) is 4.94. The Morgan fingerprint density at radius 2 is 1.94 bits per heavy atom. The van der Waals surface area contributed by atoms with Gasteiger partial charge >= 0.3 is 12.3 Å². The normalized spacial score (nSPS) is 17.7. The molecule has 2 aromatic rings. The van der Waals surface area contributed by atoms with Crippen LogP contribution in [0.4, 0.5) is 29.6 Å². The van der Waals surface area contributed by atoms with Crippen LogP contribution in [-0.2, 0) is 4.74 Å². The lowest BCUT2D eigenvalue weighted by Crippen LogP contribution is -2.50. The van der Waals surface area contributed by atoms with E-state index in [9.17, 15) is 23.1 Å². The van der Waals surface area contributed by atoms with Crippen LogP contribution < -0.4 is 10.2 Å². The number of hydrogen-bond acceptors (Lipinski definition) is 8. The maximum Gasteiger partial charge on any atom is 0.418 e. The Morgan fingerprint density at radius 1 is 1.19 bits per heavy atom. The van der Waals surface area contributed by atoms with E-state index >= 15 is 0 Å². The van der Waals surface area contributed by atoms with Crippen molar-refractivity contribution in [1.82, 2.24) is 14.3 Å². The molecule has 3 heterocycles. The van der Waals surface area contributed by atoms with E-state index in [1.165, 1.54) is 24.1 Å². The van der Waals surface area contributed by atoms with Gasteiger partial charge < -0.3 is 14.7 Å². The van der Waals surface area contributed by atoms with E-state index < -0.39 is 24.0 Å². The molecular weight excluding hydrogens is 495 g/mol. The van der Waals surface area contributed by atoms with E-state index in [2.05, 4.69) is 31.4 Å². The standard InChI is InChI=1S/C24H28F3N5O3S/c1-5-6-17-15-31(36-18-8-9-19(28-14-18)30-22(34)35-23(2,3)4)11-12-32(17)20-10-7-16(13-29-20)21(33)24(25,26)27/h7-10,13-14,17,21,33H,11-12,15H2,1-4H3,(H,28,30,34). The number of anilines is 2. The Labute approximate surface area is 212 Å². The van der Waals surface area contributed by atoms with E-state index in [4.69, 9.17) is 4.74 Å². The average Bonchev–Trinajstić information content (AvgIpc) is 2.79. The number of rotatable bonds is 5. The van der Waals surface area contributed by atoms with Crippen molar-refractivity contribution < 1.29 is 27.8 Å². The molecule has 0 aliphatic carbocycles. The number of aliphatic hydroxyl groups is 1. The van der Waals surface area contributed by atoms with Gasteiger partial charge in [0.15, 0.2) is 6.10 Å². The first-order valence-electron chi connectivity index (χ1n) is 11.1. The third kappa shape index (κ3) is 7.74. The summed E-state index contributed by atoms with van der Waals surface area (Å²) >= 11 is 1.49. The summed E-state index contributed by atoms with van der Waals surface area (Å²) in [5, 5.41) is 12.0. The van der Waals surface area contributed by atoms with Gasteiger partial charge in [-0.05, 0) is 57.8 Å². The highest BCUT2D eigenvalue weighted by molar-refractivity contribution is 7.97. The fourth-order valence-corrected chi connectivity index (χ4v) is 4.30. The minimum absolute atomic E-state index is 0.233. The van der Waals surface area contributed by atoms with Crippen molar-refractivity contribution >= 4 is 29.7 Å². The van der Waals surface area contributed by atoms with Gasteiger partial charge in [-0.1, -0.05) is 12.0 Å². The highest BCUT2D eigenvalue weighted by Gasteiger charge is 2.39. The molecule has 1 saturated heterocycles. The first-order valence-corrected chi connectivity index (χ1v) is 11.9. The smallest absolute Gasteiger partial charge is 0.418 e. The van der Waals surface area contributed by atoms with Crippen LogP contribution in [0.15, 0.2) is 41.6 Å². The van der Waals surface area contributed by atoms with Crippen LogP contribution in [0.2, 0.25) is 0 Å². The summed E-state index contributed by atoms with van der Waals surface area (Å²) in [7, 11) is 0. The summed E-state index contributed by atoms with van der Waals surface area (Å²) in [6.07, 6.45) is -5.21. The molecule has 2 atom stereocenters. The number of carbonyl (C=O) groups excluding carboxylic acids is 1. The minimum Gasteiger partial charge on any atom is -0.444 e. The van der Waals surface area contributed by atoms with Crippen molar-refractivity contribution in [2.45, 2.75) is 56.5 Å². The topological polar surface area (TPSA) is 90.8 Å². The molecule has 1 fully saturated rings. The number of ether oxygens (including phenoxy) is 1. The number of piperazine rings is 1. The zero-order valence-electron chi connectivity index (χ0n) is 20.3. The lowest BCUT2D eigenvalue weighted by Gasteiger charge is -2.39. The maximum atomic E-state index is 12.8. The van der Waals surface area contributed by atoms with Gasteiger partial charge in [0.25, 0.3) is 0 Å². The highest BCUT2D eigenvalue weighted by Crippen LogP contribution is 2.33. The number of pyridine rings is 2. The summed E-state index contributed by atoms with van der Waals surface area (Å²) < 4.78 is 45.6. The predicted molar refractivity (Wildman–Crippen MR) is 131 cm³/mol. The summed E-state index contributed by atoms with van der Waals surface area (Å²) in [6.45, 7) is 8.79. The number of hydrogen-bond donors (Lipinski definition) is 2. The molecule has 0 saturated carbocycles. The van der Waals surface area contributed by atoms with Gasteiger partial charge in [-0.25, -0.2) is 19.1 Å². The molecule has 2 N–H and O–H groups in total. The fraction of sp³-hybridized carbons (Fsp3) is 0.458. The summed E-state index contributed by atoms with van der Waals surface area (Å²) in [5.41, 5.74) is -0.919. The number of amides is 1. The van der Waals surface area contributed by atoms with E-state index in [-0.39, 0.29) is 11.6 Å². The van der Waals surface area contributed by atoms with Crippen LogP contribution in [0, 0.1) is 11.8 Å². The SMILES string of the molecule is CC#CC1CN(Sc2ccc(NC(=O)OC(C)(C)C)nc2)CCN1c1ccc(C(O)C(F)(F)F)cn1. The number of nitrogens with zero attached hydrogens (tertiary/aromatic N) is 4. The van der Waals surface area contributed by atoms with E-state index in [0.717, 1.165) is 11.1 Å². The summed E-state index contributed by atoms with van der Waals surface area (Å²) in [4.78, 5) is 23.1. The van der Waals surface area contributed by atoms with Crippen LogP contribution in [0.3, 0.4) is 0 Å². The molecule has 2 aromatic heterocycles. The molecule has 1 aliphatic heterocycles. The first kappa shape index (κ1) is 27.6. The number of nitrogens with one attached hydrogen (secondary N) is 1. The lowest BCUT2D eigenvalue weighted by atomic mass is 10.1. The second-order valence-corrected chi connectivity index (χ2v) is 10.2. The molecule has 12 heteroatoms. The Balaban J connectivity index is 1.62. The van der Waals surface area contributed by atoms with Gasteiger partial charge in [0, 0.05) is 42.5 Å². The third-order valence-corrected chi connectivity index (χ3v) is 5.99. The van der Waals surface area contributed by atoms with Gasteiger partial charge in [0.2, 0.25) is 0 Å². The molecule has 2 unspecified atom stereocenters. The molecule has 3 rings (SSSR count). The van der Waals surface area contributed by atoms with Crippen LogP contribution in [-0.4, -0.2) is 62.9 Å². The van der Waals surface area contributed by atoms with Crippen LogP contribution >= 0.6 is 11.9 Å². The molecule has 1 amide bonds. The van der Waals surface area contributed by atoms with Crippen molar-refractivity contribution in [3.05, 3.63) is 42.2 Å². The maximum absolute atomic E-state index is 12.8. The zero-order chi connectivity index (χ0) is 26.5. The zero-order valence-corrected chi connectivity index (χ0v) is 21.2. The van der Waals surface area contributed by atoms with E-state index in [0.29, 0.717) is 31.3 Å². The Bertz CT molecular complexity index is 1100. The van der Waals surface area contributed by atoms with Crippen molar-refractivity contribution in [1.29, 1.82) is 0 Å². The number of aliphatic hydroxyl groups excluding tert-OH is 1. The molecule has 0 aromatic carbocycles. The summed E-state index contributed by atoms with van der Waals surface area (Å²) in [5.74, 6) is 6.90. The number of alkyl halides is 3. The molecule has 36 heavy (non-hydrogen) atoms. The van der Waals surface area contributed by atoms with Crippen molar-refractivity contribution in [3.8, 4) is 11.8 Å². The van der Waals surface area contributed by atoms with Crippen LogP contribution in [0.25, 0.3) is 0 Å². The molecule has 0 spiro atoms. The van der Waals surface area contributed by atoms with Gasteiger partial charge in [-0.15, -0.1) is 5.92 Å². The summed E-state index contributed by atoms with van der Waals surface area (Å²) in [6, 6.07) is 5.99. The predicted octanol–water partition coefficient (Wildman–Crippen LogP) is 4.64. The Hall–Kier alpha value is -3.01. The second-order valence-electron chi connectivity index (χ2n) is 8.98. The number of aromatic nitrogens is 2. The molecule has 8 nitrogen and oxygen atoms in total. The van der Waals surface area contributed by atoms with Crippen LogP contribution in [0.5, 0.6) is 0 Å². The highest BCUT2D eigenvalue weighted by atomic mass is 32.2. The quantitative estimate of drug-likeness (QED) is 0.433. The van der Waals surface area contributed by atoms with Crippen molar-refractivity contribution in [2.75, 3.05) is 29.9 Å². The van der Waals surface area contributed by atoms with Crippen LogP contribution in [0.1, 0.15) is 39.4 Å². The van der Waals surface area contributed by atoms with Gasteiger partial charge in [-0.2, -0.15) is 13.2 Å². The van der Waals surface area contributed by atoms with E-state index in [1.54, 1.807) is 40.0 Å². The fourth-order valence-electron chi connectivity index (χ4n) is 3.39. The molecule has 0 radical (unpaired) electrons. The average molecular weight is 524 g/mol. The number of carbonyl (C=O) groups is 1. The lowest BCUT2D eigenvalue weighted by molar-refractivity contribution is -0.206. The van der Waals surface area contributed by atoms with Gasteiger partial charge in [0.05, 0.1) is 0 Å². The molecule has 0 bridgehead atoms. The first-order chi connectivity index (χ1) is 16.9. The Morgan fingerprint density at radius 3 is 2.50 bits per heavy atom. The van der Waals surface area contributed by atoms with Crippen molar-refractivity contribution in [2.24, 2.45) is 0 Å². The van der Waals surface area contributed by atoms with E-state index in [1.807, 2.05) is 11.0 Å².